The maximum absolute atomic E-state index is 9.37. The molecule has 0 spiro atoms. The second kappa shape index (κ2) is 6.95. The van der Waals surface area contributed by atoms with E-state index in [0.717, 1.165) is 17.7 Å². The summed E-state index contributed by atoms with van der Waals surface area (Å²) in [5.74, 6) is 0.233. The van der Waals surface area contributed by atoms with Crippen molar-refractivity contribution < 1.29 is 14.6 Å². The second-order valence-electron chi connectivity index (χ2n) is 5.39. The molecule has 0 saturated heterocycles. The molecule has 1 unspecified atom stereocenters. The van der Waals surface area contributed by atoms with Crippen LogP contribution in [0.1, 0.15) is 30.9 Å². The van der Waals surface area contributed by atoms with Gasteiger partial charge in [0.1, 0.15) is 11.9 Å². The third-order valence-electron chi connectivity index (χ3n) is 3.65. The van der Waals surface area contributed by atoms with E-state index in [2.05, 4.69) is 31.2 Å². The van der Waals surface area contributed by atoms with Gasteiger partial charge in [-0.15, -0.1) is 0 Å². The van der Waals surface area contributed by atoms with Gasteiger partial charge in [0, 0.05) is 24.8 Å². The maximum Gasteiger partial charge on any atom is 0.303 e. The van der Waals surface area contributed by atoms with E-state index in [1.165, 1.54) is 16.7 Å². The fourth-order valence-corrected chi connectivity index (χ4v) is 2.38. The number of nitriles is 1. The molecule has 0 bridgehead atoms. The molecule has 1 N–H and O–H groups in total. The third kappa shape index (κ3) is 3.76. The van der Waals surface area contributed by atoms with Crippen molar-refractivity contribution in [1.82, 2.24) is 0 Å². The summed E-state index contributed by atoms with van der Waals surface area (Å²) in [6, 6.07) is 8.53. The van der Waals surface area contributed by atoms with Crippen molar-refractivity contribution in [3.8, 4) is 11.8 Å². The van der Waals surface area contributed by atoms with Gasteiger partial charge in [-0.1, -0.05) is 25.1 Å². The average Bonchev–Trinajstić information content (AvgIpc) is 2.52. The minimum absolute atomic E-state index is 0.0592. The number of benzene rings is 1. The van der Waals surface area contributed by atoms with E-state index >= 15 is 0 Å². The van der Waals surface area contributed by atoms with Crippen molar-refractivity contribution in [2.75, 3.05) is 0 Å². The summed E-state index contributed by atoms with van der Waals surface area (Å²) >= 11 is 0. The number of carboxylic acid groups (broad SMARTS) is 1. The molecule has 1 heterocycles. The van der Waals surface area contributed by atoms with Crippen LogP contribution in [0.5, 0.6) is 5.75 Å². The van der Waals surface area contributed by atoms with Crippen LogP contribution in [-0.4, -0.2) is 17.2 Å². The number of aliphatic carboxylic acids is 1. The number of nitrogens with zero attached hydrogens (tertiary/aromatic N) is 1. The largest absolute Gasteiger partial charge is 0.485 e. The van der Waals surface area contributed by atoms with Crippen molar-refractivity contribution in [3.05, 3.63) is 52.6 Å². The Morgan fingerprint density at radius 1 is 1.45 bits per heavy atom. The Kier molecular flexibility index (Phi) is 5.00. The molecular weight excluding hydrogens is 278 g/mol. The van der Waals surface area contributed by atoms with Crippen molar-refractivity contribution in [2.24, 2.45) is 0 Å². The SMILES string of the molecule is CCC(=O)O.Cc1ccc2c(c1)OC1CC(C#N)=CC=C1C2. The minimum atomic E-state index is -0.745. The quantitative estimate of drug-likeness (QED) is 0.860. The Hall–Kier alpha value is -2.54. The molecule has 4 nitrogen and oxygen atoms in total. The number of aryl methyl sites for hydroxylation is 1. The summed E-state index contributed by atoms with van der Waals surface area (Å²) in [6.45, 7) is 3.67. The van der Waals surface area contributed by atoms with Gasteiger partial charge in [0.25, 0.3) is 0 Å². The number of carbonyl (C=O) groups is 1. The van der Waals surface area contributed by atoms with Crippen molar-refractivity contribution >= 4 is 5.97 Å². The molecule has 22 heavy (non-hydrogen) atoms. The Balaban J connectivity index is 0.000000309. The van der Waals surface area contributed by atoms with Crippen molar-refractivity contribution in [2.45, 2.75) is 39.2 Å². The van der Waals surface area contributed by atoms with Crippen LogP contribution >= 0.6 is 0 Å². The predicted molar refractivity (Wildman–Crippen MR) is 83.6 cm³/mol. The normalized spacial score (nSPS) is 18.1. The topological polar surface area (TPSA) is 70.3 Å². The van der Waals surface area contributed by atoms with E-state index in [4.69, 9.17) is 15.1 Å². The van der Waals surface area contributed by atoms with Gasteiger partial charge in [0.2, 0.25) is 0 Å². The molecule has 2 aliphatic rings. The maximum atomic E-state index is 9.37. The number of allylic oxidation sites excluding steroid dienone is 2. The molecule has 1 aromatic rings. The van der Waals surface area contributed by atoms with Crippen LogP contribution in [0.3, 0.4) is 0 Å². The number of fused-ring (bicyclic) bond motifs is 2. The lowest BCUT2D eigenvalue weighted by Gasteiger charge is -2.30. The second-order valence-corrected chi connectivity index (χ2v) is 5.39. The van der Waals surface area contributed by atoms with Crippen molar-refractivity contribution in [1.29, 1.82) is 5.26 Å². The van der Waals surface area contributed by atoms with E-state index < -0.39 is 5.97 Å². The zero-order chi connectivity index (χ0) is 16.1. The van der Waals surface area contributed by atoms with Crippen LogP contribution in [0, 0.1) is 18.3 Å². The fraction of sp³-hybridized carbons (Fsp3) is 0.333. The molecule has 1 aliphatic heterocycles. The number of hydrogen-bond donors (Lipinski definition) is 1. The zero-order valence-corrected chi connectivity index (χ0v) is 12.8. The van der Waals surface area contributed by atoms with Crippen LogP contribution in [0.15, 0.2) is 41.5 Å². The molecule has 4 heteroatoms. The van der Waals surface area contributed by atoms with E-state index in [0.29, 0.717) is 6.42 Å². The number of hydrogen-bond acceptors (Lipinski definition) is 3. The molecule has 3 rings (SSSR count). The number of carboxylic acids is 1. The van der Waals surface area contributed by atoms with Crippen LogP contribution < -0.4 is 4.74 Å². The molecule has 1 aromatic carbocycles. The highest BCUT2D eigenvalue weighted by atomic mass is 16.5. The molecule has 1 atom stereocenters. The van der Waals surface area contributed by atoms with Gasteiger partial charge in [0.05, 0.1) is 6.07 Å². The summed E-state index contributed by atoms with van der Waals surface area (Å²) in [7, 11) is 0. The fourth-order valence-electron chi connectivity index (χ4n) is 2.38. The molecule has 1 aliphatic carbocycles. The molecule has 0 aromatic heterocycles. The van der Waals surface area contributed by atoms with Crippen LogP contribution in [-0.2, 0) is 11.2 Å². The third-order valence-corrected chi connectivity index (χ3v) is 3.65. The highest BCUT2D eigenvalue weighted by Gasteiger charge is 2.27. The minimum Gasteiger partial charge on any atom is -0.485 e. The van der Waals surface area contributed by atoms with Gasteiger partial charge >= 0.3 is 5.97 Å². The lowest BCUT2D eigenvalue weighted by Crippen LogP contribution is -2.27. The van der Waals surface area contributed by atoms with Crippen LogP contribution in [0.25, 0.3) is 0 Å². The Bertz CT molecular complexity index is 680. The highest BCUT2D eigenvalue weighted by Crippen LogP contribution is 2.35. The zero-order valence-electron chi connectivity index (χ0n) is 12.8. The van der Waals surface area contributed by atoms with Crippen LogP contribution in [0.2, 0.25) is 0 Å². The van der Waals surface area contributed by atoms with E-state index in [-0.39, 0.29) is 12.5 Å². The molecule has 0 fully saturated rings. The monoisotopic (exact) mass is 297 g/mol. The Morgan fingerprint density at radius 3 is 2.82 bits per heavy atom. The highest BCUT2D eigenvalue weighted by molar-refractivity contribution is 5.66. The number of ether oxygens (including phenoxy) is 1. The average molecular weight is 297 g/mol. The van der Waals surface area contributed by atoms with Gasteiger partial charge in [-0.05, 0) is 35.8 Å². The van der Waals surface area contributed by atoms with Gasteiger partial charge in [-0.2, -0.15) is 5.26 Å². The Labute approximate surface area is 130 Å². The standard InChI is InChI=1S/C15H13NO.C3H6O2/c1-10-2-4-12-8-13-5-3-11(9-16)7-15(13)17-14(12)6-10;1-2-3(4)5/h2-6,15H,7-8H2,1H3;2H2,1H3,(H,4,5). The summed E-state index contributed by atoms with van der Waals surface area (Å²) in [5, 5.41) is 16.6. The van der Waals surface area contributed by atoms with Gasteiger partial charge < -0.3 is 9.84 Å². The summed E-state index contributed by atoms with van der Waals surface area (Å²) in [5.41, 5.74) is 4.53. The summed E-state index contributed by atoms with van der Waals surface area (Å²) in [4.78, 5) is 9.37. The summed E-state index contributed by atoms with van der Waals surface area (Å²) in [6.07, 6.45) is 5.87. The molecule has 0 radical (unpaired) electrons. The van der Waals surface area contributed by atoms with E-state index in [1.807, 2.05) is 12.2 Å². The smallest absolute Gasteiger partial charge is 0.303 e. The molecule has 0 amide bonds. The van der Waals surface area contributed by atoms with Crippen LogP contribution in [0.4, 0.5) is 0 Å². The molecule has 114 valence electrons. The predicted octanol–water partition coefficient (Wildman–Crippen LogP) is 3.56. The first-order valence-corrected chi connectivity index (χ1v) is 7.31. The van der Waals surface area contributed by atoms with Crippen molar-refractivity contribution in [3.63, 3.8) is 0 Å². The van der Waals surface area contributed by atoms with Gasteiger partial charge in [-0.3, -0.25) is 4.79 Å². The first kappa shape index (κ1) is 15.8. The van der Waals surface area contributed by atoms with E-state index in [9.17, 15) is 4.79 Å². The first-order chi connectivity index (χ1) is 10.5. The lowest BCUT2D eigenvalue weighted by molar-refractivity contribution is -0.136. The molecular formula is C18H19NO3. The summed E-state index contributed by atoms with van der Waals surface area (Å²) < 4.78 is 5.99. The number of rotatable bonds is 1. The lowest BCUT2D eigenvalue weighted by atomic mass is 9.88. The van der Waals surface area contributed by atoms with E-state index in [1.54, 1.807) is 6.92 Å². The molecule has 0 saturated carbocycles. The first-order valence-electron chi connectivity index (χ1n) is 7.31. The Morgan fingerprint density at radius 2 is 2.18 bits per heavy atom. The van der Waals surface area contributed by atoms with Gasteiger partial charge in [-0.25, -0.2) is 0 Å². The van der Waals surface area contributed by atoms with Gasteiger partial charge in [0.15, 0.2) is 0 Å².